The normalized spacial score (nSPS) is 11.5. The van der Waals surface area contributed by atoms with Gasteiger partial charge < -0.3 is 4.42 Å². The predicted octanol–water partition coefficient (Wildman–Crippen LogP) is 4.60. The van der Waals surface area contributed by atoms with Crippen LogP contribution in [0.3, 0.4) is 0 Å². The van der Waals surface area contributed by atoms with Gasteiger partial charge in [-0.3, -0.25) is 4.68 Å². The van der Waals surface area contributed by atoms with Crippen LogP contribution in [-0.4, -0.2) is 30.9 Å². The van der Waals surface area contributed by atoms with E-state index in [1.807, 2.05) is 42.8 Å². The second-order valence-corrected chi connectivity index (χ2v) is 7.01. The van der Waals surface area contributed by atoms with Gasteiger partial charge in [0.15, 0.2) is 5.76 Å². The standard InChI is InChI=1S/C19H17ClN6OS/c1-12-15(13(2)25(24-12)11-14-6-3-4-7-16(14)20)10-21-26-18(22-23-19(26)28)17-8-5-9-27-17/h3-10H,11H2,1-2H3,(H,23,28)/b21-10-. The van der Waals surface area contributed by atoms with Crippen molar-refractivity contribution in [3.8, 4) is 11.6 Å². The molecule has 4 aromatic rings. The number of aromatic amines is 1. The molecule has 0 aliphatic rings. The minimum Gasteiger partial charge on any atom is -0.461 e. The highest BCUT2D eigenvalue weighted by Gasteiger charge is 2.13. The highest BCUT2D eigenvalue weighted by Crippen LogP contribution is 2.20. The number of hydrogen-bond acceptors (Lipinski definition) is 5. The summed E-state index contributed by atoms with van der Waals surface area (Å²) in [6, 6.07) is 11.3. The maximum absolute atomic E-state index is 6.28. The zero-order chi connectivity index (χ0) is 19.7. The van der Waals surface area contributed by atoms with Crippen molar-refractivity contribution in [1.82, 2.24) is 24.7 Å². The van der Waals surface area contributed by atoms with Gasteiger partial charge in [0.2, 0.25) is 10.6 Å². The summed E-state index contributed by atoms with van der Waals surface area (Å²) in [5.41, 5.74) is 3.77. The Morgan fingerprint density at radius 3 is 2.82 bits per heavy atom. The maximum Gasteiger partial charge on any atom is 0.219 e. The van der Waals surface area contributed by atoms with Crippen molar-refractivity contribution in [2.75, 3.05) is 0 Å². The molecule has 0 bridgehead atoms. The van der Waals surface area contributed by atoms with Gasteiger partial charge in [0.05, 0.1) is 24.7 Å². The molecule has 4 rings (SSSR count). The number of nitrogens with one attached hydrogen (secondary N) is 1. The van der Waals surface area contributed by atoms with Gasteiger partial charge in [0, 0.05) is 16.3 Å². The van der Waals surface area contributed by atoms with Crippen LogP contribution in [0.2, 0.25) is 5.02 Å². The molecular formula is C19H17ClN6OS. The van der Waals surface area contributed by atoms with Crippen molar-refractivity contribution < 1.29 is 4.42 Å². The van der Waals surface area contributed by atoms with E-state index in [2.05, 4.69) is 20.4 Å². The van der Waals surface area contributed by atoms with Crippen molar-refractivity contribution in [2.45, 2.75) is 20.4 Å². The zero-order valence-electron chi connectivity index (χ0n) is 15.3. The van der Waals surface area contributed by atoms with E-state index in [-0.39, 0.29) is 0 Å². The van der Waals surface area contributed by atoms with E-state index < -0.39 is 0 Å². The van der Waals surface area contributed by atoms with Crippen LogP contribution >= 0.6 is 23.8 Å². The molecule has 0 unspecified atom stereocenters. The van der Waals surface area contributed by atoms with Crippen LogP contribution in [0.15, 0.2) is 52.2 Å². The number of H-pyrrole nitrogens is 1. The Morgan fingerprint density at radius 2 is 2.07 bits per heavy atom. The molecule has 1 aromatic carbocycles. The first kappa shape index (κ1) is 18.4. The summed E-state index contributed by atoms with van der Waals surface area (Å²) >= 11 is 11.6. The fourth-order valence-corrected chi connectivity index (χ4v) is 3.29. The van der Waals surface area contributed by atoms with E-state index in [1.54, 1.807) is 24.6 Å². The highest BCUT2D eigenvalue weighted by atomic mass is 35.5. The molecule has 0 aliphatic carbocycles. The maximum atomic E-state index is 6.28. The summed E-state index contributed by atoms with van der Waals surface area (Å²) in [6.45, 7) is 4.53. The van der Waals surface area contributed by atoms with Crippen LogP contribution in [-0.2, 0) is 6.54 Å². The summed E-state index contributed by atoms with van der Waals surface area (Å²) in [7, 11) is 0. The van der Waals surface area contributed by atoms with E-state index >= 15 is 0 Å². The lowest BCUT2D eigenvalue weighted by molar-refractivity contribution is 0.573. The number of halogens is 1. The monoisotopic (exact) mass is 412 g/mol. The average molecular weight is 413 g/mol. The fourth-order valence-electron chi connectivity index (χ4n) is 2.92. The molecule has 0 spiro atoms. The van der Waals surface area contributed by atoms with Gasteiger partial charge in [-0.05, 0) is 49.8 Å². The highest BCUT2D eigenvalue weighted by molar-refractivity contribution is 7.71. The lowest BCUT2D eigenvalue weighted by Gasteiger charge is -2.06. The molecule has 0 atom stereocenters. The van der Waals surface area contributed by atoms with E-state index in [4.69, 9.17) is 28.2 Å². The number of rotatable bonds is 5. The first-order valence-electron chi connectivity index (χ1n) is 8.57. The molecule has 0 aliphatic heterocycles. The second-order valence-electron chi connectivity index (χ2n) is 6.22. The number of aromatic nitrogens is 5. The fraction of sp³-hybridized carbons (Fsp3) is 0.158. The van der Waals surface area contributed by atoms with Gasteiger partial charge >= 0.3 is 0 Å². The van der Waals surface area contributed by atoms with E-state index in [9.17, 15) is 0 Å². The van der Waals surface area contributed by atoms with Crippen molar-refractivity contribution in [2.24, 2.45) is 5.10 Å². The molecule has 9 heteroatoms. The zero-order valence-corrected chi connectivity index (χ0v) is 16.8. The Kier molecular flexibility index (Phi) is 4.97. The van der Waals surface area contributed by atoms with E-state index in [0.717, 1.165) is 27.5 Å². The van der Waals surface area contributed by atoms with E-state index in [0.29, 0.717) is 22.9 Å². The largest absolute Gasteiger partial charge is 0.461 e. The number of nitrogens with zero attached hydrogens (tertiary/aromatic N) is 5. The predicted molar refractivity (Wildman–Crippen MR) is 110 cm³/mol. The molecule has 0 saturated heterocycles. The van der Waals surface area contributed by atoms with Crippen LogP contribution < -0.4 is 0 Å². The Morgan fingerprint density at radius 1 is 1.25 bits per heavy atom. The Bertz CT molecular complexity index is 1200. The average Bonchev–Trinajstić information content (AvgIpc) is 3.38. The van der Waals surface area contributed by atoms with Gasteiger partial charge in [-0.25, -0.2) is 5.10 Å². The third kappa shape index (κ3) is 3.44. The van der Waals surface area contributed by atoms with Crippen molar-refractivity contribution in [3.05, 3.63) is 75.0 Å². The summed E-state index contributed by atoms with van der Waals surface area (Å²) in [5.74, 6) is 1.08. The first-order valence-corrected chi connectivity index (χ1v) is 9.36. The van der Waals surface area contributed by atoms with Crippen molar-refractivity contribution in [1.29, 1.82) is 0 Å². The summed E-state index contributed by atoms with van der Waals surface area (Å²) < 4.78 is 9.22. The van der Waals surface area contributed by atoms with Gasteiger partial charge in [-0.15, -0.1) is 5.10 Å². The smallest absolute Gasteiger partial charge is 0.219 e. The molecular weight excluding hydrogens is 396 g/mol. The topological polar surface area (TPSA) is 76.9 Å². The molecule has 0 amide bonds. The quantitative estimate of drug-likeness (QED) is 0.384. The van der Waals surface area contributed by atoms with Crippen molar-refractivity contribution >= 4 is 30.0 Å². The molecule has 3 heterocycles. The lowest BCUT2D eigenvalue weighted by Crippen LogP contribution is -2.05. The molecule has 28 heavy (non-hydrogen) atoms. The summed E-state index contributed by atoms with van der Waals surface area (Å²) in [4.78, 5) is 0. The van der Waals surface area contributed by atoms with Crippen molar-refractivity contribution in [3.63, 3.8) is 0 Å². The van der Waals surface area contributed by atoms with Gasteiger partial charge in [0.25, 0.3) is 0 Å². The van der Waals surface area contributed by atoms with Crippen LogP contribution in [0, 0.1) is 18.6 Å². The number of hydrogen-bond donors (Lipinski definition) is 1. The number of furan rings is 1. The minimum atomic E-state index is 0.376. The Hall–Kier alpha value is -2.97. The Labute approximate surface area is 171 Å². The molecule has 0 radical (unpaired) electrons. The van der Waals surface area contributed by atoms with E-state index in [1.165, 1.54) is 4.68 Å². The van der Waals surface area contributed by atoms with Crippen LogP contribution in [0.25, 0.3) is 11.6 Å². The molecule has 3 aromatic heterocycles. The molecule has 142 valence electrons. The SMILES string of the molecule is Cc1nn(Cc2ccccc2Cl)c(C)c1/C=N\n1c(-c2ccco2)n[nH]c1=S. The lowest BCUT2D eigenvalue weighted by atomic mass is 10.2. The summed E-state index contributed by atoms with van der Waals surface area (Å²) in [6.07, 6.45) is 3.31. The third-order valence-electron chi connectivity index (χ3n) is 4.41. The molecule has 1 N–H and O–H groups in total. The molecule has 7 nitrogen and oxygen atoms in total. The second kappa shape index (κ2) is 7.57. The van der Waals surface area contributed by atoms with Gasteiger partial charge in [-0.1, -0.05) is 29.8 Å². The van der Waals surface area contributed by atoms with Crippen LogP contribution in [0.1, 0.15) is 22.5 Å². The number of aryl methyl sites for hydroxylation is 1. The van der Waals surface area contributed by atoms with Gasteiger partial charge in [-0.2, -0.15) is 14.9 Å². The van der Waals surface area contributed by atoms with Gasteiger partial charge in [0.1, 0.15) is 0 Å². The summed E-state index contributed by atoms with van der Waals surface area (Å²) in [5, 5.41) is 16.8. The number of benzene rings is 1. The first-order chi connectivity index (χ1) is 13.5. The minimum absolute atomic E-state index is 0.376. The Balaban J connectivity index is 1.67. The molecule has 0 fully saturated rings. The molecule has 0 saturated carbocycles. The van der Waals surface area contributed by atoms with Crippen LogP contribution in [0.4, 0.5) is 0 Å². The van der Waals surface area contributed by atoms with Crippen LogP contribution in [0.5, 0.6) is 0 Å². The third-order valence-corrected chi connectivity index (χ3v) is 5.04.